The molecule has 0 heterocycles. The molecule has 16 heavy (non-hydrogen) atoms. The minimum atomic E-state index is 0.152. The molecule has 0 aromatic heterocycles. The van der Waals surface area contributed by atoms with E-state index in [0.29, 0.717) is 13.1 Å². The lowest BCUT2D eigenvalue weighted by Gasteiger charge is -2.30. The summed E-state index contributed by atoms with van der Waals surface area (Å²) in [5.74, 6) is 0.381. The first kappa shape index (κ1) is 13.0. The second-order valence-electron chi connectivity index (χ2n) is 4.43. The van der Waals surface area contributed by atoms with Crippen molar-refractivity contribution in [3.05, 3.63) is 25.3 Å². The van der Waals surface area contributed by atoms with E-state index in [0.717, 1.165) is 25.7 Å². The van der Waals surface area contributed by atoms with Crippen LogP contribution in [0.15, 0.2) is 25.3 Å². The highest BCUT2D eigenvalue weighted by atomic mass is 16.2. The van der Waals surface area contributed by atoms with Crippen LogP contribution in [0.4, 0.5) is 0 Å². The Bertz CT molecular complexity index is 245. The van der Waals surface area contributed by atoms with Crippen LogP contribution in [0.2, 0.25) is 0 Å². The Morgan fingerprint density at radius 2 is 1.69 bits per heavy atom. The van der Waals surface area contributed by atoms with Crippen LogP contribution in [-0.4, -0.2) is 29.9 Å². The van der Waals surface area contributed by atoms with Crippen LogP contribution in [0.3, 0.4) is 0 Å². The van der Waals surface area contributed by atoms with Gasteiger partial charge in [-0.1, -0.05) is 12.2 Å². The fourth-order valence-corrected chi connectivity index (χ4v) is 2.19. The second kappa shape index (κ2) is 6.48. The van der Waals surface area contributed by atoms with Crippen molar-refractivity contribution in [2.75, 3.05) is 13.1 Å². The van der Waals surface area contributed by atoms with Crippen LogP contribution < -0.4 is 5.73 Å². The van der Waals surface area contributed by atoms with Crippen molar-refractivity contribution < 1.29 is 4.79 Å². The van der Waals surface area contributed by atoms with E-state index < -0.39 is 0 Å². The zero-order valence-corrected chi connectivity index (χ0v) is 9.90. The average Bonchev–Trinajstić information content (AvgIpc) is 2.29. The topological polar surface area (TPSA) is 46.3 Å². The van der Waals surface area contributed by atoms with Gasteiger partial charge in [0.25, 0.3) is 0 Å². The smallest absolute Gasteiger partial charge is 0.226 e. The third kappa shape index (κ3) is 3.49. The first-order chi connectivity index (χ1) is 7.69. The number of carbonyl (C=O) groups is 1. The normalized spacial score (nSPS) is 24.8. The van der Waals surface area contributed by atoms with Gasteiger partial charge in [0, 0.05) is 25.0 Å². The molecule has 3 nitrogen and oxygen atoms in total. The Balaban J connectivity index is 2.52. The molecule has 0 saturated heterocycles. The summed E-state index contributed by atoms with van der Waals surface area (Å²) in [5, 5.41) is 0. The van der Waals surface area contributed by atoms with E-state index in [9.17, 15) is 4.79 Å². The van der Waals surface area contributed by atoms with E-state index in [1.54, 1.807) is 12.2 Å². The van der Waals surface area contributed by atoms with Crippen LogP contribution in [0.25, 0.3) is 0 Å². The Morgan fingerprint density at radius 1 is 1.19 bits per heavy atom. The molecular formula is C13H22N2O. The lowest BCUT2D eigenvalue weighted by atomic mass is 9.85. The number of hydrogen-bond donors (Lipinski definition) is 1. The fraction of sp³-hybridized carbons (Fsp3) is 0.615. The van der Waals surface area contributed by atoms with Gasteiger partial charge < -0.3 is 10.6 Å². The Hall–Kier alpha value is -1.09. The van der Waals surface area contributed by atoms with Crippen LogP contribution in [0, 0.1) is 5.92 Å². The highest BCUT2D eigenvalue weighted by Gasteiger charge is 2.27. The predicted molar refractivity (Wildman–Crippen MR) is 66.9 cm³/mol. The maximum atomic E-state index is 12.2. The summed E-state index contributed by atoms with van der Waals surface area (Å²) in [7, 11) is 0. The minimum Gasteiger partial charge on any atom is -0.335 e. The van der Waals surface area contributed by atoms with Gasteiger partial charge in [0.05, 0.1) is 0 Å². The summed E-state index contributed by atoms with van der Waals surface area (Å²) in [6.07, 6.45) is 7.29. The number of rotatable bonds is 5. The summed E-state index contributed by atoms with van der Waals surface area (Å²) in [5.41, 5.74) is 5.83. The SMILES string of the molecule is C=CCN(CC=C)C(=O)C1CCC(N)CC1. The lowest BCUT2D eigenvalue weighted by molar-refractivity contribution is -0.135. The molecule has 3 heteroatoms. The Labute approximate surface area is 98.0 Å². The lowest BCUT2D eigenvalue weighted by Crippen LogP contribution is -2.39. The molecule has 90 valence electrons. The molecule has 0 radical (unpaired) electrons. The average molecular weight is 222 g/mol. The molecule has 1 amide bonds. The zero-order chi connectivity index (χ0) is 12.0. The van der Waals surface area contributed by atoms with Gasteiger partial charge in [-0.05, 0) is 25.7 Å². The van der Waals surface area contributed by atoms with Crippen LogP contribution in [0.1, 0.15) is 25.7 Å². The molecule has 0 aromatic carbocycles. The summed E-state index contributed by atoms with van der Waals surface area (Å²) < 4.78 is 0. The van der Waals surface area contributed by atoms with E-state index in [2.05, 4.69) is 13.2 Å². The third-order valence-electron chi connectivity index (χ3n) is 3.13. The van der Waals surface area contributed by atoms with Crippen molar-refractivity contribution in [1.82, 2.24) is 4.90 Å². The maximum absolute atomic E-state index is 12.2. The molecule has 1 saturated carbocycles. The van der Waals surface area contributed by atoms with Gasteiger partial charge in [0.15, 0.2) is 0 Å². The minimum absolute atomic E-state index is 0.152. The largest absolute Gasteiger partial charge is 0.335 e. The molecule has 0 unspecified atom stereocenters. The molecule has 0 atom stereocenters. The van der Waals surface area contributed by atoms with E-state index >= 15 is 0 Å². The molecule has 0 spiro atoms. The Morgan fingerprint density at radius 3 is 2.12 bits per heavy atom. The van der Waals surface area contributed by atoms with Gasteiger partial charge in [0.1, 0.15) is 0 Å². The fourth-order valence-electron chi connectivity index (χ4n) is 2.19. The highest BCUT2D eigenvalue weighted by Crippen LogP contribution is 2.24. The summed E-state index contributed by atoms with van der Waals surface area (Å²) in [6, 6.07) is 0.288. The van der Waals surface area contributed by atoms with Gasteiger partial charge in [-0.15, -0.1) is 13.2 Å². The van der Waals surface area contributed by atoms with Crippen LogP contribution >= 0.6 is 0 Å². The standard InChI is InChI=1S/C13H22N2O/c1-3-9-15(10-4-2)13(16)11-5-7-12(14)8-6-11/h3-4,11-12H,1-2,5-10,14H2. The highest BCUT2D eigenvalue weighted by molar-refractivity contribution is 5.79. The van der Waals surface area contributed by atoms with Gasteiger partial charge >= 0.3 is 0 Å². The molecule has 1 aliphatic rings. The van der Waals surface area contributed by atoms with Gasteiger partial charge in [-0.25, -0.2) is 0 Å². The Kier molecular flexibility index (Phi) is 5.26. The molecular weight excluding hydrogens is 200 g/mol. The van der Waals surface area contributed by atoms with Crippen LogP contribution in [-0.2, 0) is 4.79 Å². The summed E-state index contributed by atoms with van der Waals surface area (Å²) in [4.78, 5) is 14.0. The number of nitrogens with two attached hydrogens (primary N) is 1. The van der Waals surface area contributed by atoms with E-state index in [1.807, 2.05) is 4.90 Å². The van der Waals surface area contributed by atoms with Crippen molar-refractivity contribution in [2.24, 2.45) is 11.7 Å². The van der Waals surface area contributed by atoms with E-state index in [4.69, 9.17) is 5.73 Å². The molecule has 0 aliphatic heterocycles. The van der Waals surface area contributed by atoms with Crippen molar-refractivity contribution in [1.29, 1.82) is 0 Å². The quantitative estimate of drug-likeness (QED) is 0.720. The number of amides is 1. The maximum Gasteiger partial charge on any atom is 0.226 e. The van der Waals surface area contributed by atoms with Crippen molar-refractivity contribution >= 4 is 5.91 Å². The van der Waals surface area contributed by atoms with E-state index in [-0.39, 0.29) is 17.9 Å². The monoisotopic (exact) mass is 222 g/mol. The van der Waals surface area contributed by atoms with Crippen molar-refractivity contribution in [2.45, 2.75) is 31.7 Å². The first-order valence-electron chi connectivity index (χ1n) is 5.95. The predicted octanol–water partition coefficient (Wildman–Crippen LogP) is 1.70. The number of carbonyl (C=O) groups excluding carboxylic acids is 1. The van der Waals surface area contributed by atoms with Gasteiger partial charge in [-0.3, -0.25) is 4.79 Å². The zero-order valence-electron chi connectivity index (χ0n) is 9.90. The molecule has 0 aromatic rings. The number of nitrogens with zero attached hydrogens (tertiary/aromatic N) is 1. The van der Waals surface area contributed by atoms with Crippen molar-refractivity contribution in [3.63, 3.8) is 0 Å². The molecule has 1 aliphatic carbocycles. The number of hydrogen-bond acceptors (Lipinski definition) is 2. The molecule has 2 N–H and O–H groups in total. The first-order valence-corrected chi connectivity index (χ1v) is 5.95. The molecule has 1 rings (SSSR count). The summed E-state index contributed by atoms with van der Waals surface area (Å²) >= 11 is 0. The van der Waals surface area contributed by atoms with Gasteiger partial charge in [0.2, 0.25) is 5.91 Å². The van der Waals surface area contributed by atoms with Gasteiger partial charge in [-0.2, -0.15) is 0 Å². The summed E-state index contributed by atoms with van der Waals surface area (Å²) in [6.45, 7) is 8.56. The second-order valence-corrected chi connectivity index (χ2v) is 4.43. The van der Waals surface area contributed by atoms with Crippen LogP contribution in [0.5, 0.6) is 0 Å². The third-order valence-corrected chi connectivity index (χ3v) is 3.13. The van der Waals surface area contributed by atoms with Crippen molar-refractivity contribution in [3.8, 4) is 0 Å². The molecule has 0 bridgehead atoms. The molecule has 1 fully saturated rings. The van der Waals surface area contributed by atoms with E-state index in [1.165, 1.54) is 0 Å².